The van der Waals surface area contributed by atoms with Crippen LogP contribution in [0.1, 0.15) is 21.7 Å². The van der Waals surface area contributed by atoms with Crippen LogP contribution in [0.3, 0.4) is 0 Å². The minimum atomic E-state index is -0.201. The van der Waals surface area contributed by atoms with E-state index in [-0.39, 0.29) is 24.9 Å². The molecular weight excluding hydrogens is 308 g/mol. The van der Waals surface area contributed by atoms with Crippen molar-refractivity contribution in [1.29, 1.82) is 0 Å². The number of ether oxygens (including phenoxy) is 2. The second-order valence-electron chi connectivity index (χ2n) is 4.67. The third-order valence-corrected chi connectivity index (χ3v) is 3.18. The molecule has 2 aromatic rings. The van der Waals surface area contributed by atoms with Crippen molar-refractivity contribution in [2.75, 3.05) is 13.2 Å². The van der Waals surface area contributed by atoms with Crippen LogP contribution >= 0.6 is 12.4 Å². The van der Waals surface area contributed by atoms with Gasteiger partial charge in [0.2, 0.25) is 0 Å². The smallest absolute Gasteiger partial charge is 0.254 e. The largest absolute Gasteiger partial charge is 0.486 e. The van der Waals surface area contributed by atoms with Gasteiger partial charge in [-0.15, -0.1) is 12.4 Å². The lowest BCUT2D eigenvalue weighted by molar-refractivity contribution is 0.0950. The number of hydrogen-bond donors (Lipinski definition) is 2. The first kappa shape index (κ1) is 16.2. The number of nitrogens with two attached hydrogens (primary N) is 1. The van der Waals surface area contributed by atoms with Crippen molar-refractivity contribution >= 4 is 18.3 Å². The second kappa shape index (κ2) is 7.20. The van der Waals surface area contributed by atoms with Gasteiger partial charge in [-0.1, -0.05) is 6.07 Å². The average Bonchev–Trinajstić information content (AvgIpc) is 3.01. The molecule has 3 rings (SSSR count). The Kier molecular flexibility index (Phi) is 5.30. The summed E-state index contributed by atoms with van der Waals surface area (Å²) in [5.74, 6) is 1.83. The molecule has 1 amide bonds. The summed E-state index contributed by atoms with van der Waals surface area (Å²) in [4.78, 5) is 12.0. The number of rotatable bonds is 4. The first-order chi connectivity index (χ1) is 10.3. The highest BCUT2D eigenvalue weighted by Crippen LogP contribution is 2.30. The molecule has 2 heterocycles. The number of amides is 1. The molecule has 1 aromatic heterocycles. The molecular formula is C15H17ClN2O4. The van der Waals surface area contributed by atoms with Crippen molar-refractivity contribution in [3.05, 3.63) is 47.4 Å². The van der Waals surface area contributed by atoms with E-state index in [1.54, 1.807) is 6.07 Å². The monoisotopic (exact) mass is 324 g/mol. The highest BCUT2D eigenvalue weighted by atomic mass is 35.5. The van der Waals surface area contributed by atoms with E-state index >= 15 is 0 Å². The Morgan fingerprint density at radius 2 is 1.95 bits per heavy atom. The van der Waals surface area contributed by atoms with Gasteiger partial charge in [-0.05, 0) is 23.8 Å². The lowest BCUT2D eigenvalue weighted by Gasteiger charge is -2.18. The van der Waals surface area contributed by atoms with Crippen LogP contribution in [0.2, 0.25) is 0 Å². The van der Waals surface area contributed by atoms with Crippen LogP contribution in [-0.4, -0.2) is 19.1 Å². The molecule has 3 N–H and O–H groups in total. The van der Waals surface area contributed by atoms with Gasteiger partial charge < -0.3 is 24.9 Å². The van der Waals surface area contributed by atoms with Crippen LogP contribution in [-0.2, 0) is 13.1 Å². The number of furan rings is 1. The molecule has 22 heavy (non-hydrogen) atoms. The van der Waals surface area contributed by atoms with Gasteiger partial charge in [0, 0.05) is 6.54 Å². The van der Waals surface area contributed by atoms with Gasteiger partial charge in [0.05, 0.1) is 12.1 Å². The SMILES string of the molecule is Cl.NCc1cc(C(=O)NCc2ccc3c(c2)OCCO3)co1. The summed E-state index contributed by atoms with van der Waals surface area (Å²) in [5.41, 5.74) is 6.85. The Labute approximate surface area is 134 Å². The molecule has 0 bridgehead atoms. The maximum atomic E-state index is 12.0. The van der Waals surface area contributed by atoms with Crippen molar-refractivity contribution < 1.29 is 18.7 Å². The number of nitrogens with one attached hydrogen (secondary N) is 1. The Balaban J connectivity index is 0.00000176. The molecule has 0 saturated carbocycles. The van der Waals surface area contributed by atoms with Crippen LogP contribution in [0.25, 0.3) is 0 Å². The summed E-state index contributed by atoms with van der Waals surface area (Å²) >= 11 is 0. The zero-order valence-corrected chi connectivity index (χ0v) is 12.7. The van der Waals surface area contributed by atoms with Crippen LogP contribution in [0, 0.1) is 0 Å². The predicted molar refractivity (Wildman–Crippen MR) is 82.4 cm³/mol. The van der Waals surface area contributed by atoms with E-state index in [1.165, 1.54) is 6.26 Å². The van der Waals surface area contributed by atoms with Gasteiger partial charge in [-0.25, -0.2) is 0 Å². The first-order valence-electron chi connectivity index (χ1n) is 6.70. The third-order valence-electron chi connectivity index (χ3n) is 3.18. The van der Waals surface area contributed by atoms with Gasteiger partial charge in [-0.3, -0.25) is 4.79 Å². The minimum Gasteiger partial charge on any atom is -0.486 e. The van der Waals surface area contributed by atoms with Crippen LogP contribution < -0.4 is 20.5 Å². The molecule has 0 atom stereocenters. The van der Waals surface area contributed by atoms with Crippen molar-refractivity contribution in [2.24, 2.45) is 5.73 Å². The fraction of sp³-hybridized carbons (Fsp3) is 0.267. The van der Waals surface area contributed by atoms with E-state index < -0.39 is 0 Å². The molecule has 0 radical (unpaired) electrons. The average molecular weight is 325 g/mol. The van der Waals surface area contributed by atoms with Crippen molar-refractivity contribution in [2.45, 2.75) is 13.1 Å². The molecule has 1 aliphatic heterocycles. The predicted octanol–water partition coefficient (Wildman–Crippen LogP) is 1.86. The normalized spacial score (nSPS) is 12.4. The molecule has 0 unspecified atom stereocenters. The molecule has 118 valence electrons. The molecule has 0 saturated heterocycles. The molecule has 6 nitrogen and oxygen atoms in total. The molecule has 1 aliphatic rings. The summed E-state index contributed by atoms with van der Waals surface area (Å²) in [5, 5.41) is 2.82. The van der Waals surface area contributed by atoms with E-state index in [0.29, 0.717) is 36.8 Å². The topological polar surface area (TPSA) is 86.7 Å². The number of fused-ring (bicyclic) bond motifs is 1. The molecule has 0 fully saturated rings. The zero-order valence-electron chi connectivity index (χ0n) is 11.8. The number of carbonyl (C=O) groups excluding carboxylic acids is 1. The van der Waals surface area contributed by atoms with Crippen LogP contribution in [0.5, 0.6) is 11.5 Å². The molecule has 7 heteroatoms. The van der Waals surface area contributed by atoms with E-state index in [1.807, 2.05) is 18.2 Å². The summed E-state index contributed by atoms with van der Waals surface area (Å²) in [6.45, 7) is 1.78. The number of benzene rings is 1. The van der Waals surface area contributed by atoms with Crippen molar-refractivity contribution in [1.82, 2.24) is 5.32 Å². The fourth-order valence-corrected chi connectivity index (χ4v) is 2.09. The lowest BCUT2D eigenvalue weighted by atomic mass is 10.2. The highest BCUT2D eigenvalue weighted by Gasteiger charge is 2.13. The van der Waals surface area contributed by atoms with E-state index in [4.69, 9.17) is 19.6 Å². The fourth-order valence-electron chi connectivity index (χ4n) is 2.09. The van der Waals surface area contributed by atoms with Crippen molar-refractivity contribution in [3.8, 4) is 11.5 Å². The minimum absolute atomic E-state index is 0. The Hall–Kier alpha value is -2.18. The second-order valence-corrected chi connectivity index (χ2v) is 4.67. The number of hydrogen-bond acceptors (Lipinski definition) is 5. The summed E-state index contributed by atoms with van der Waals surface area (Å²) in [6.07, 6.45) is 1.40. The maximum Gasteiger partial charge on any atom is 0.254 e. The quantitative estimate of drug-likeness (QED) is 0.896. The maximum absolute atomic E-state index is 12.0. The Bertz CT molecular complexity index is 657. The van der Waals surface area contributed by atoms with Gasteiger partial charge in [0.25, 0.3) is 5.91 Å². The van der Waals surface area contributed by atoms with Gasteiger partial charge in [0.1, 0.15) is 25.2 Å². The Morgan fingerprint density at radius 1 is 1.18 bits per heavy atom. The number of carbonyl (C=O) groups is 1. The van der Waals surface area contributed by atoms with E-state index in [9.17, 15) is 4.79 Å². The van der Waals surface area contributed by atoms with Crippen molar-refractivity contribution in [3.63, 3.8) is 0 Å². The summed E-state index contributed by atoms with van der Waals surface area (Å²) in [7, 11) is 0. The third kappa shape index (κ3) is 3.52. The first-order valence-corrected chi connectivity index (χ1v) is 6.70. The van der Waals surface area contributed by atoms with E-state index in [2.05, 4.69) is 5.32 Å². The molecule has 0 aliphatic carbocycles. The molecule has 1 aromatic carbocycles. The van der Waals surface area contributed by atoms with Crippen LogP contribution in [0.15, 0.2) is 34.9 Å². The van der Waals surface area contributed by atoms with Gasteiger partial charge in [0.15, 0.2) is 11.5 Å². The highest BCUT2D eigenvalue weighted by molar-refractivity contribution is 5.93. The summed E-state index contributed by atoms with van der Waals surface area (Å²) < 4.78 is 16.1. The summed E-state index contributed by atoms with van der Waals surface area (Å²) in [6, 6.07) is 7.25. The van der Waals surface area contributed by atoms with Crippen LogP contribution in [0.4, 0.5) is 0 Å². The number of halogens is 1. The van der Waals surface area contributed by atoms with Gasteiger partial charge >= 0.3 is 0 Å². The molecule has 0 spiro atoms. The Morgan fingerprint density at radius 3 is 2.68 bits per heavy atom. The van der Waals surface area contributed by atoms with E-state index in [0.717, 1.165) is 11.3 Å². The standard InChI is InChI=1S/C15H16N2O4.ClH/c16-7-12-6-11(9-21-12)15(18)17-8-10-1-2-13-14(5-10)20-4-3-19-13;/h1-2,5-6,9H,3-4,7-8,16H2,(H,17,18);1H. The zero-order chi connectivity index (χ0) is 14.7. The van der Waals surface area contributed by atoms with Gasteiger partial charge in [-0.2, -0.15) is 0 Å². The lowest BCUT2D eigenvalue weighted by Crippen LogP contribution is -2.22.